The molecule has 4 aromatic rings. The van der Waals surface area contributed by atoms with Gasteiger partial charge in [-0.25, -0.2) is 4.68 Å². The fourth-order valence-corrected chi connectivity index (χ4v) is 4.60. The Morgan fingerprint density at radius 3 is 2.42 bits per heavy atom. The number of para-hydroxylation sites is 1. The number of benzene rings is 2. The van der Waals surface area contributed by atoms with Crippen molar-refractivity contribution in [3.8, 4) is 16.9 Å². The van der Waals surface area contributed by atoms with Crippen LogP contribution in [-0.4, -0.2) is 39.6 Å². The van der Waals surface area contributed by atoms with Crippen LogP contribution >= 0.6 is 0 Å². The van der Waals surface area contributed by atoms with Crippen LogP contribution in [0.5, 0.6) is 0 Å². The fraction of sp³-hybridized carbons (Fsp3) is 0.276. The van der Waals surface area contributed by atoms with Crippen LogP contribution in [-0.2, 0) is 17.8 Å². The maximum Gasteiger partial charge on any atom is 0.257 e. The Labute approximate surface area is 210 Å². The molecule has 0 radical (unpaired) electrons. The van der Waals surface area contributed by atoms with Gasteiger partial charge in [0.2, 0.25) is 5.91 Å². The minimum absolute atomic E-state index is 0.00657. The highest BCUT2D eigenvalue weighted by Crippen LogP contribution is 2.27. The summed E-state index contributed by atoms with van der Waals surface area (Å²) in [6.45, 7) is 3.56. The van der Waals surface area contributed by atoms with Gasteiger partial charge >= 0.3 is 0 Å². The van der Waals surface area contributed by atoms with Gasteiger partial charge in [0.15, 0.2) is 0 Å². The van der Waals surface area contributed by atoms with Gasteiger partial charge in [0.1, 0.15) is 11.5 Å². The number of carbonyl (C=O) groups excluding carboxylic acids is 2. The lowest BCUT2D eigenvalue weighted by atomic mass is 9.95. The van der Waals surface area contributed by atoms with Crippen LogP contribution < -0.4 is 5.32 Å². The number of nitrogens with one attached hydrogen (secondary N) is 1. The Morgan fingerprint density at radius 2 is 1.75 bits per heavy atom. The summed E-state index contributed by atoms with van der Waals surface area (Å²) in [6, 6.07) is 21.7. The van der Waals surface area contributed by atoms with E-state index in [0.717, 1.165) is 23.4 Å². The molecule has 1 saturated heterocycles. The molecule has 0 spiro atoms. The average Bonchev–Trinajstić information content (AvgIpc) is 3.63. The zero-order valence-corrected chi connectivity index (χ0v) is 20.4. The predicted molar refractivity (Wildman–Crippen MR) is 138 cm³/mol. The van der Waals surface area contributed by atoms with Gasteiger partial charge in [-0.1, -0.05) is 49.4 Å². The third-order valence-electron chi connectivity index (χ3n) is 6.77. The summed E-state index contributed by atoms with van der Waals surface area (Å²) in [7, 11) is 0. The summed E-state index contributed by atoms with van der Waals surface area (Å²) < 4.78 is 7.06. The van der Waals surface area contributed by atoms with E-state index in [4.69, 9.17) is 9.52 Å². The van der Waals surface area contributed by atoms with Crippen molar-refractivity contribution < 1.29 is 14.0 Å². The molecule has 1 aliphatic rings. The Morgan fingerprint density at radius 1 is 1.00 bits per heavy atom. The first-order valence-electron chi connectivity index (χ1n) is 12.5. The van der Waals surface area contributed by atoms with Crippen LogP contribution in [0.25, 0.3) is 16.9 Å². The highest BCUT2D eigenvalue weighted by molar-refractivity contribution is 6.00. The molecule has 1 fully saturated rings. The number of aromatic nitrogens is 2. The van der Waals surface area contributed by atoms with E-state index < -0.39 is 0 Å². The van der Waals surface area contributed by atoms with Crippen LogP contribution in [0.4, 0.5) is 0 Å². The van der Waals surface area contributed by atoms with Gasteiger partial charge in [-0.3, -0.25) is 9.59 Å². The topological polar surface area (TPSA) is 80.4 Å². The average molecular weight is 483 g/mol. The summed E-state index contributed by atoms with van der Waals surface area (Å²) in [5.74, 6) is 0.566. The molecular weight excluding hydrogens is 452 g/mol. The molecule has 2 aromatic carbocycles. The molecule has 0 saturated carbocycles. The zero-order valence-electron chi connectivity index (χ0n) is 20.4. The smallest absolute Gasteiger partial charge is 0.257 e. The molecule has 0 aliphatic carbocycles. The normalized spacial score (nSPS) is 14.1. The van der Waals surface area contributed by atoms with Gasteiger partial charge < -0.3 is 14.6 Å². The molecule has 0 atom stereocenters. The second kappa shape index (κ2) is 10.6. The summed E-state index contributed by atoms with van der Waals surface area (Å²) >= 11 is 0. The van der Waals surface area contributed by atoms with Crippen molar-refractivity contribution in [2.24, 2.45) is 5.92 Å². The first kappa shape index (κ1) is 23.6. The number of amides is 2. The lowest BCUT2D eigenvalue weighted by molar-refractivity contribution is -0.126. The van der Waals surface area contributed by atoms with Gasteiger partial charge in [0.05, 0.1) is 24.1 Å². The summed E-state index contributed by atoms with van der Waals surface area (Å²) in [6.07, 6.45) is 5.63. The number of furan rings is 1. The van der Waals surface area contributed by atoms with Crippen molar-refractivity contribution in [1.82, 2.24) is 20.0 Å². The first-order valence-corrected chi connectivity index (χ1v) is 12.5. The molecule has 3 heterocycles. The quantitative estimate of drug-likeness (QED) is 0.408. The SMILES string of the molecule is CCc1ccc(-c2nn(-c3ccccc3)cc2C(=O)N2CCC(C(=O)NCc3ccco3)CC2)cc1. The lowest BCUT2D eigenvalue weighted by Crippen LogP contribution is -2.43. The maximum atomic E-state index is 13.7. The van der Waals surface area contributed by atoms with Gasteiger partial charge in [0.25, 0.3) is 5.91 Å². The Hall–Kier alpha value is -4.13. The van der Waals surface area contributed by atoms with Crippen molar-refractivity contribution in [3.05, 3.63) is 96.1 Å². The van der Waals surface area contributed by atoms with Crippen LogP contribution in [0, 0.1) is 5.92 Å². The van der Waals surface area contributed by atoms with Crippen LogP contribution in [0.2, 0.25) is 0 Å². The molecule has 0 unspecified atom stereocenters. The molecule has 7 nitrogen and oxygen atoms in total. The fourth-order valence-electron chi connectivity index (χ4n) is 4.60. The van der Waals surface area contributed by atoms with E-state index in [1.54, 1.807) is 17.0 Å². The van der Waals surface area contributed by atoms with Crippen molar-refractivity contribution >= 4 is 11.8 Å². The van der Waals surface area contributed by atoms with Gasteiger partial charge in [-0.05, 0) is 49.1 Å². The number of likely N-dealkylation sites (tertiary alicyclic amines) is 1. The molecule has 36 heavy (non-hydrogen) atoms. The van der Waals surface area contributed by atoms with Crippen LogP contribution in [0.15, 0.2) is 83.6 Å². The highest BCUT2D eigenvalue weighted by atomic mass is 16.3. The van der Waals surface area contributed by atoms with E-state index in [9.17, 15) is 9.59 Å². The molecule has 0 bridgehead atoms. The first-order chi connectivity index (χ1) is 17.6. The number of nitrogens with zero attached hydrogens (tertiary/aromatic N) is 3. The standard InChI is InChI=1S/C29H30N4O3/c1-2-21-10-12-22(13-11-21)27-26(20-33(31-27)24-7-4-3-5-8-24)29(35)32-16-14-23(15-17-32)28(34)30-19-25-9-6-18-36-25/h3-13,18,20,23H,2,14-17,19H2,1H3,(H,30,34). The van der Waals surface area contributed by atoms with Crippen LogP contribution in [0.3, 0.4) is 0 Å². The largest absolute Gasteiger partial charge is 0.467 e. The molecule has 2 aromatic heterocycles. The maximum absolute atomic E-state index is 13.7. The number of hydrogen-bond acceptors (Lipinski definition) is 4. The van der Waals surface area contributed by atoms with Crippen molar-refractivity contribution in [2.75, 3.05) is 13.1 Å². The molecule has 1 N–H and O–H groups in total. The number of aryl methyl sites for hydroxylation is 1. The number of piperidine rings is 1. The minimum Gasteiger partial charge on any atom is -0.467 e. The van der Waals surface area contributed by atoms with Crippen molar-refractivity contribution in [3.63, 3.8) is 0 Å². The molecule has 7 heteroatoms. The number of rotatable bonds is 7. The Kier molecular flexibility index (Phi) is 6.98. The molecule has 2 amide bonds. The Balaban J connectivity index is 1.32. The third-order valence-corrected chi connectivity index (χ3v) is 6.77. The molecule has 5 rings (SSSR count). The summed E-state index contributed by atoms with van der Waals surface area (Å²) in [5, 5.41) is 7.75. The lowest BCUT2D eigenvalue weighted by Gasteiger charge is -2.31. The number of hydrogen-bond donors (Lipinski definition) is 1. The van der Waals surface area contributed by atoms with Crippen molar-refractivity contribution in [1.29, 1.82) is 0 Å². The van der Waals surface area contributed by atoms with Crippen LogP contribution in [0.1, 0.15) is 41.4 Å². The van der Waals surface area contributed by atoms with E-state index >= 15 is 0 Å². The summed E-state index contributed by atoms with van der Waals surface area (Å²) in [5.41, 5.74) is 4.29. The minimum atomic E-state index is -0.114. The van der Waals surface area contributed by atoms with E-state index in [2.05, 4.69) is 24.4 Å². The summed E-state index contributed by atoms with van der Waals surface area (Å²) in [4.78, 5) is 28.1. The van der Waals surface area contributed by atoms with Gasteiger partial charge in [-0.2, -0.15) is 5.10 Å². The predicted octanol–water partition coefficient (Wildman–Crippen LogP) is 4.86. The second-order valence-corrected chi connectivity index (χ2v) is 9.09. The molecule has 1 aliphatic heterocycles. The monoisotopic (exact) mass is 482 g/mol. The molecular formula is C29H30N4O3. The van der Waals surface area contributed by atoms with Gasteiger partial charge in [0, 0.05) is 30.8 Å². The van der Waals surface area contributed by atoms with E-state index in [1.807, 2.05) is 59.6 Å². The number of carbonyl (C=O) groups is 2. The zero-order chi connectivity index (χ0) is 24.9. The van der Waals surface area contributed by atoms with E-state index in [-0.39, 0.29) is 17.7 Å². The van der Waals surface area contributed by atoms with Crippen molar-refractivity contribution in [2.45, 2.75) is 32.7 Å². The highest BCUT2D eigenvalue weighted by Gasteiger charge is 2.30. The van der Waals surface area contributed by atoms with Gasteiger partial charge in [-0.15, -0.1) is 0 Å². The van der Waals surface area contributed by atoms with E-state index in [0.29, 0.717) is 43.7 Å². The third kappa shape index (κ3) is 5.10. The Bertz CT molecular complexity index is 1300. The second-order valence-electron chi connectivity index (χ2n) is 9.09. The molecule has 184 valence electrons. The van der Waals surface area contributed by atoms with E-state index in [1.165, 1.54) is 5.56 Å².